The van der Waals surface area contributed by atoms with Crippen LogP contribution in [0.25, 0.3) is 11.5 Å². The Labute approximate surface area is 243 Å². The molecule has 0 aliphatic carbocycles. The van der Waals surface area contributed by atoms with E-state index in [4.69, 9.17) is 0 Å². The van der Waals surface area contributed by atoms with Crippen LogP contribution in [0.4, 0.5) is 42.1 Å². The summed E-state index contributed by atoms with van der Waals surface area (Å²) < 4.78 is 100.0. The summed E-state index contributed by atoms with van der Waals surface area (Å²) in [6.45, 7) is 10.1. The molecule has 2 N–H and O–H groups in total. The molecule has 5 rings (SSSR count). The average molecular weight is 605 g/mol. The highest BCUT2D eigenvalue weighted by atomic mass is 19.4. The Morgan fingerprint density at radius 1 is 1.02 bits per heavy atom. The summed E-state index contributed by atoms with van der Waals surface area (Å²) in [5.74, 6) is -1.36. The molecule has 5 nitrogen and oxygen atoms in total. The lowest BCUT2D eigenvalue weighted by Gasteiger charge is -2.52. The van der Waals surface area contributed by atoms with Crippen LogP contribution in [-0.2, 0) is 11.6 Å². The van der Waals surface area contributed by atoms with Gasteiger partial charge < -0.3 is 20.2 Å². The van der Waals surface area contributed by atoms with Crippen LogP contribution in [0.1, 0.15) is 40.8 Å². The lowest BCUT2D eigenvalue weighted by Crippen LogP contribution is -2.62. The van der Waals surface area contributed by atoms with Gasteiger partial charge >= 0.3 is 12.4 Å². The molecule has 43 heavy (non-hydrogen) atoms. The van der Waals surface area contributed by atoms with E-state index in [0.29, 0.717) is 19.2 Å². The predicted molar refractivity (Wildman–Crippen MR) is 151 cm³/mol. The second kappa shape index (κ2) is 10.4. The number of halogens is 7. The molecule has 0 spiro atoms. The van der Waals surface area contributed by atoms with Crippen molar-refractivity contribution in [2.24, 2.45) is 4.99 Å². The van der Waals surface area contributed by atoms with Crippen molar-refractivity contribution in [2.75, 3.05) is 25.5 Å². The maximum atomic E-state index is 14.7. The van der Waals surface area contributed by atoms with E-state index in [1.54, 1.807) is 7.05 Å². The van der Waals surface area contributed by atoms with Crippen LogP contribution < -0.4 is 5.32 Å². The smallest absolute Gasteiger partial charge is 0.416 e. The number of nitrogens with zero attached hydrogens (tertiary/aromatic N) is 3. The molecular weight excluding hydrogens is 577 g/mol. The SMILES string of the molecule is C=C(O)c1cc(F)ccc1N[C@@H](c1cc(C(F)(F)F)cc2c1N=C(N1CC(C)(c3ccccc3)C1)N(C)C2=C)C(F)(F)F. The fourth-order valence-corrected chi connectivity index (χ4v) is 5.48. The Morgan fingerprint density at radius 3 is 2.26 bits per heavy atom. The molecule has 3 aromatic carbocycles. The van der Waals surface area contributed by atoms with Crippen LogP contribution in [0.15, 0.2) is 78.8 Å². The first-order valence-electron chi connectivity index (χ1n) is 13.1. The molecule has 1 fully saturated rings. The molecule has 0 radical (unpaired) electrons. The van der Waals surface area contributed by atoms with E-state index < -0.39 is 41.1 Å². The standard InChI is InChI=1S/C31H27F7N4O/c1-17-22-12-20(30(33,34)35)13-24(27(31(36,37)38)39-25-11-10-21(32)14-23(25)18(2)43)26(22)40-28(41(17)4)42-15-29(3,16-42)19-8-6-5-7-9-19/h5-14,27,39,43H,1-2,15-16H2,3-4H3/t27-/m0/s1. The van der Waals surface area contributed by atoms with E-state index >= 15 is 0 Å². The second-order valence-electron chi connectivity index (χ2n) is 10.9. The summed E-state index contributed by atoms with van der Waals surface area (Å²) in [6, 6.07) is 10.6. The van der Waals surface area contributed by atoms with Gasteiger partial charge in [0.25, 0.3) is 0 Å². The highest BCUT2D eigenvalue weighted by Crippen LogP contribution is 2.48. The minimum absolute atomic E-state index is 0.0350. The summed E-state index contributed by atoms with van der Waals surface area (Å²) in [5.41, 5.74) is -2.65. The summed E-state index contributed by atoms with van der Waals surface area (Å²) in [7, 11) is 1.54. The third-order valence-electron chi connectivity index (χ3n) is 7.76. The monoisotopic (exact) mass is 604 g/mol. The molecule has 0 aromatic heterocycles. The van der Waals surface area contributed by atoms with Crippen LogP contribution in [0, 0.1) is 5.82 Å². The number of aliphatic hydroxyl groups excluding tert-OH is 1. The summed E-state index contributed by atoms with van der Waals surface area (Å²) in [4.78, 5) is 7.79. The number of likely N-dealkylation sites (tertiary alicyclic amines) is 1. The quantitative estimate of drug-likeness (QED) is 0.228. The number of guanidine groups is 1. The normalized spacial score (nSPS) is 17.1. The Kier molecular flexibility index (Phi) is 7.22. The largest absolute Gasteiger partial charge is 0.508 e. The van der Waals surface area contributed by atoms with Crippen molar-refractivity contribution in [3.8, 4) is 0 Å². The number of rotatable bonds is 5. The minimum atomic E-state index is -5.15. The molecule has 2 aliphatic heterocycles. The van der Waals surface area contributed by atoms with Gasteiger partial charge in [-0.15, -0.1) is 0 Å². The predicted octanol–water partition coefficient (Wildman–Crippen LogP) is 8.27. The maximum Gasteiger partial charge on any atom is 0.416 e. The van der Waals surface area contributed by atoms with Crippen LogP contribution >= 0.6 is 0 Å². The molecule has 1 saturated heterocycles. The number of nitrogens with one attached hydrogen (secondary N) is 1. The van der Waals surface area contributed by atoms with Gasteiger partial charge in [0.05, 0.1) is 11.3 Å². The van der Waals surface area contributed by atoms with Crippen molar-refractivity contribution in [1.29, 1.82) is 0 Å². The van der Waals surface area contributed by atoms with Crippen LogP contribution in [0.2, 0.25) is 0 Å². The Bertz CT molecular complexity index is 1620. The van der Waals surface area contributed by atoms with Crippen molar-refractivity contribution in [3.63, 3.8) is 0 Å². The van der Waals surface area contributed by atoms with Crippen LogP contribution in [0.5, 0.6) is 0 Å². The summed E-state index contributed by atoms with van der Waals surface area (Å²) >= 11 is 0. The van der Waals surface area contributed by atoms with Gasteiger partial charge in [0.1, 0.15) is 11.6 Å². The first kappa shape index (κ1) is 30.0. The highest BCUT2D eigenvalue weighted by molar-refractivity contribution is 5.98. The maximum absolute atomic E-state index is 14.7. The lowest BCUT2D eigenvalue weighted by atomic mass is 9.75. The highest BCUT2D eigenvalue weighted by Gasteiger charge is 2.47. The van der Waals surface area contributed by atoms with Gasteiger partial charge in [-0.2, -0.15) is 26.3 Å². The first-order valence-corrected chi connectivity index (χ1v) is 13.1. The molecule has 0 amide bonds. The van der Waals surface area contributed by atoms with Crippen molar-refractivity contribution in [3.05, 3.63) is 107 Å². The van der Waals surface area contributed by atoms with Gasteiger partial charge in [-0.05, 0) is 35.9 Å². The molecule has 1 atom stereocenters. The number of hydrogen-bond donors (Lipinski definition) is 2. The third kappa shape index (κ3) is 5.53. The molecule has 3 aromatic rings. The molecule has 2 heterocycles. The van der Waals surface area contributed by atoms with Crippen molar-refractivity contribution < 1.29 is 35.8 Å². The Morgan fingerprint density at radius 2 is 1.67 bits per heavy atom. The molecule has 0 saturated carbocycles. The number of fused-ring (bicyclic) bond motifs is 1. The van der Waals surface area contributed by atoms with Gasteiger partial charge in [-0.25, -0.2) is 9.38 Å². The lowest BCUT2D eigenvalue weighted by molar-refractivity contribution is -0.145. The van der Waals surface area contributed by atoms with Crippen molar-refractivity contribution in [2.45, 2.75) is 30.7 Å². The number of anilines is 1. The van der Waals surface area contributed by atoms with Gasteiger partial charge in [0, 0.05) is 53.6 Å². The number of benzene rings is 3. The van der Waals surface area contributed by atoms with E-state index in [2.05, 4.69) is 23.5 Å². The van der Waals surface area contributed by atoms with Gasteiger partial charge in [0.2, 0.25) is 5.96 Å². The van der Waals surface area contributed by atoms with Gasteiger partial charge in [0.15, 0.2) is 6.04 Å². The van der Waals surface area contributed by atoms with E-state index in [9.17, 15) is 35.8 Å². The Hall–Kier alpha value is -4.48. The molecule has 226 valence electrons. The van der Waals surface area contributed by atoms with Crippen LogP contribution in [-0.4, -0.2) is 47.2 Å². The molecule has 0 bridgehead atoms. The zero-order valence-corrected chi connectivity index (χ0v) is 23.1. The summed E-state index contributed by atoms with van der Waals surface area (Å²) in [6.07, 6.45) is -10.1. The van der Waals surface area contributed by atoms with E-state index in [0.717, 1.165) is 29.8 Å². The zero-order valence-electron chi connectivity index (χ0n) is 23.1. The van der Waals surface area contributed by atoms with Crippen LogP contribution in [0.3, 0.4) is 0 Å². The number of aliphatic imine (C=N–C) groups is 1. The Balaban J connectivity index is 1.65. The summed E-state index contributed by atoms with van der Waals surface area (Å²) in [5, 5.41) is 12.1. The third-order valence-corrected chi connectivity index (χ3v) is 7.76. The van der Waals surface area contributed by atoms with E-state index in [1.165, 1.54) is 4.90 Å². The molecular formula is C31H27F7N4O. The number of aliphatic hydroxyl groups is 1. The van der Waals surface area contributed by atoms with E-state index in [1.807, 2.05) is 42.2 Å². The van der Waals surface area contributed by atoms with Crippen molar-refractivity contribution in [1.82, 2.24) is 9.80 Å². The zero-order chi connectivity index (χ0) is 31.5. The minimum Gasteiger partial charge on any atom is -0.508 e. The fraction of sp³-hybridized carbons (Fsp3) is 0.258. The average Bonchev–Trinajstić information content (AvgIpc) is 2.91. The molecule has 2 aliphatic rings. The fourth-order valence-electron chi connectivity index (χ4n) is 5.48. The van der Waals surface area contributed by atoms with E-state index in [-0.39, 0.29) is 39.6 Å². The first-order chi connectivity index (χ1) is 20.0. The topological polar surface area (TPSA) is 51.1 Å². The van der Waals surface area contributed by atoms with Gasteiger partial charge in [-0.3, -0.25) is 0 Å². The molecule has 12 heteroatoms. The van der Waals surface area contributed by atoms with Gasteiger partial charge in [-0.1, -0.05) is 50.4 Å². The second-order valence-corrected chi connectivity index (χ2v) is 10.9. The number of hydrogen-bond acceptors (Lipinski definition) is 5. The molecule has 0 unspecified atom stereocenters. The van der Waals surface area contributed by atoms with Crippen molar-refractivity contribution >= 4 is 28.8 Å². The number of alkyl halides is 6.